The van der Waals surface area contributed by atoms with Gasteiger partial charge in [0.15, 0.2) is 11.5 Å². The summed E-state index contributed by atoms with van der Waals surface area (Å²) in [7, 11) is -0.910. The van der Waals surface area contributed by atoms with E-state index in [0.717, 1.165) is 25.7 Å². The van der Waals surface area contributed by atoms with Crippen LogP contribution in [0.15, 0.2) is 41.3 Å². The summed E-state index contributed by atoms with van der Waals surface area (Å²) < 4.78 is 51.7. The Labute approximate surface area is 246 Å². The molecule has 6 N–H and O–H groups in total. The van der Waals surface area contributed by atoms with Crippen molar-refractivity contribution in [2.45, 2.75) is 68.3 Å². The molecule has 2 aromatic rings. The first kappa shape index (κ1) is 31.6. The number of carbonyl (C=O) groups is 1. The molecule has 2 aromatic carbocycles. The summed E-state index contributed by atoms with van der Waals surface area (Å²) in [5.74, 6) is 1.38. The summed E-state index contributed by atoms with van der Waals surface area (Å²) in [6, 6.07) is 9.53. The van der Waals surface area contributed by atoms with Crippen molar-refractivity contribution >= 4 is 27.5 Å². The van der Waals surface area contributed by atoms with Crippen molar-refractivity contribution in [3.05, 3.63) is 36.4 Å². The highest BCUT2D eigenvalue weighted by atomic mass is 32.2. The number of benzene rings is 2. The maximum Gasteiger partial charge on any atom is 0.411 e. The van der Waals surface area contributed by atoms with Crippen molar-refractivity contribution in [3.8, 4) is 17.2 Å². The molecule has 1 aliphatic carbocycles. The van der Waals surface area contributed by atoms with E-state index >= 15 is 0 Å². The second-order valence-corrected chi connectivity index (χ2v) is 11.8. The second-order valence-electron chi connectivity index (χ2n) is 10.1. The quantitative estimate of drug-likeness (QED) is 0.185. The molecule has 0 spiro atoms. The van der Waals surface area contributed by atoms with Gasteiger partial charge in [0.05, 0.1) is 38.0 Å². The van der Waals surface area contributed by atoms with Crippen LogP contribution < -0.4 is 40.2 Å². The highest BCUT2D eigenvalue weighted by Crippen LogP contribution is 2.40. The number of nitrogens with one attached hydrogen (secondary N) is 5. The number of fused-ring (bicyclic) bond motifs is 1. The lowest BCUT2D eigenvalue weighted by Gasteiger charge is -2.46. The minimum Gasteiger partial charge on any atom is -0.497 e. The molecule has 0 aromatic heterocycles. The molecule has 1 saturated carbocycles. The summed E-state index contributed by atoms with van der Waals surface area (Å²) in [5.41, 5.74) is 0.950. The highest BCUT2D eigenvalue weighted by molar-refractivity contribution is 7.89. The Morgan fingerprint density at radius 1 is 1.02 bits per heavy atom. The number of ether oxygens (including phenoxy) is 4. The third-order valence-corrected chi connectivity index (χ3v) is 8.66. The molecular weight excluding hydrogens is 566 g/mol. The van der Waals surface area contributed by atoms with Gasteiger partial charge in [-0.15, -0.1) is 0 Å². The fourth-order valence-electron chi connectivity index (χ4n) is 5.16. The summed E-state index contributed by atoms with van der Waals surface area (Å²) >= 11 is 0. The largest absolute Gasteiger partial charge is 0.497 e. The van der Waals surface area contributed by atoms with Gasteiger partial charge < -0.3 is 29.4 Å². The molecule has 14 heteroatoms. The van der Waals surface area contributed by atoms with Crippen molar-refractivity contribution < 1.29 is 37.3 Å². The maximum atomic E-state index is 13.5. The predicted molar refractivity (Wildman–Crippen MR) is 158 cm³/mol. The van der Waals surface area contributed by atoms with E-state index in [1.54, 1.807) is 26.2 Å². The number of piperazine rings is 1. The van der Waals surface area contributed by atoms with Crippen molar-refractivity contribution in [2.75, 3.05) is 44.7 Å². The molecule has 1 saturated heterocycles. The topological polar surface area (TPSA) is 169 Å². The van der Waals surface area contributed by atoms with Crippen LogP contribution in [0.5, 0.6) is 17.2 Å². The average molecular weight is 608 g/mol. The number of anilines is 2. The number of aliphatic hydroxyl groups is 1. The van der Waals surface area contributed by atoms with E-state index in [2.05, 4.69) is 26.0 Å². The summed E-state index contributed by atoms with van der Waals surface area (Å²) in [6.45, 7) is 2.15. The molecule has 232 valence electrons. The van der Waals surface area contributed by atoms with Gasteiger partial charge in [0, 0.05) is 42.9 Å². The van der Waals surface area contributed by atoms with E-state index in [-0.39, 0.29) is 36.8 Å². The van der Waals surface area contributed by atoms with Gasteiger partial charge in [-0.05, 0) is 44.0 Å². The monoisotopic (exact) mass is 607 g/mol. The molecule has 4 atom stereocenters. The van der Waals surface area contributed by atoms with E-state index in [1.807, 2.05) is 0 Å². The van der Waals surface area contributed by atoms with Crippen LogP contribution in [-0.2, 0) is 14.8 Å². The van der Waals surface area contributed by atoms with Gasteiger partial charge in [-0.3, -0.25) is 16.0 Å². The number of carbonyl (C=O) groups excluding carboxylic acids is 1. The number of rotatable bonds is 13. The molecule has 13 nitrogen and oxygen atoms in total. The van der Waals surface area contributed by atoms with Crippen molar-refractivity contribution in [1.29, 1.82) is 0 Å². The third-order valence-electron chi connectivity index (χ3n) is 7.20. The zero-order valence-corrected chi connectivity index (χ0v) is 25.0. The van der Waals surface area contributed by atoms with Crippen LogP contribution in [-0.4, -0.2) is 78.1 Å². The molecule has 1 aliphatic heterocycles. The Morgan fingerprint density at radius 3 is 2.33 bits per heavy atom. The Hall–Kier alpha value is -3.30. The first-order valence-corrected chi connectivity index (χ1v) is 15.6. The fourth-order valence-corrected chi connectivity index (χ4v) is 6.33. The summed E-state index contributed by atoms with van der Waals surface area (Å²) in [6.07, 6.45) is 2.48. The first-order chi connectivity index (χ1) is 20.3. The molecule has 42 heavy (non-hydrogen) atoms. The molecule has 0 radical (unpaired) electrons. The molecule has 4 unspecified atom stereocenters. The Morgan fingerprint density at radius 2 is 1.71 bits per heavy atom. The fraction of sp³-hybridized carbons (Fsp3) is 0.536. The number of hydrogen-bond donors (Lipinski definition) is 6. The Balaban J connectivity index is 1.59. The van der Waals surface area contributed by atoms with Crippen LogP contribution >= 0.6 is 0 Å². The van der Waals surface area contributed by atoms with Crippen LogP contribution in [0.4, 0.5) is 16.2 Å². The van der Waals surface area contributed by atoms with Gasteiger partial charge in [-0.1, -0.05) is 12.8 Å². The Kier molecular flexibility index (Phi) is 11.1. The van der Waals surface area contributed by atoms with E-state index in [1.165, 1.54) is 31.4 Å². The van der Waals surface area contributed by atoms with Crippen molar-refractivity contribution in [2.24, 2.45) is 0 Å². The molecule has 2 aliphatic rings. The molecule has 1 amide bonds. The maximum absolute atomic E-state index is 13.5. The van der Waals surface area contributed by atoms with E-state index < -0.39 is 28.4 Å². The van der Waals surface area contributed by atoms with E-state index in [4.69, 9.17) is 18.9 Å². The summed E-state index contributed by atoms with van der Waals surface area (Å²) in [5, 5.41) is 22.3. The number of aliphatic hydroxyl groups excluding tert-OH is 1. The lowest BCUT2D eigenvalue weighted by Crippen LogP contribution is -2.72. The number of sulfonamides is 1. The Bertz CT molecular complexity index is 1290. The first-order valence-electron chi connectivity index (χ1n) is 14.1. The third kappa shape index (κ3) is 7.95. The van der Waals surface area contributed by atoms with Gasteiger partial charge in [0.1, 0.15) is 18.1 Å². The van der Waals surface area contributed by atoms with Crippen molar-refractivity contribution in [1.82, 2.24) is 15.4 Å². The molecular formula is C28H41N5O8S. The van der Waals surface area contributed by atoms with Gasteiger partial charge in [0.2, 0.25) is 10.0 Å². The van der Waals surface area contributed by atoms with Crippen LogP contribution in [0.2, 0.25) is 0 Å². The molecule has 1 heterocycles. The average Bonchev–Trinajstić information content (AvgIpc) is 2.98. The smallest absolute Gasteiger partial charge is 0.411 e. The molecule has 2 fully saturated rings. The van der Waals surface area contributed by atoms with Gasteiger partial charge in [0.25, 0.3) is 0 Å². The minimum atomic E-state index is -3.98. The van der Waals surface area contributed by atoms with E-state index in [9.17, 15) is 18.3 Å². The number of hydrogen-bond acceptors (Lipinski definition) is 11. The lowest BCUT2D eigenvalue weighted by atomic mass is 9.88. The van der Waals surface area contributed by atoms with Gasteiger partial charge in [-0.25, -0.2) is 13.2 Å². The second kappa shape index (κ2) is 14.7. The van der Waals surface area contributed by atoms with Crippen LogP contribution in [0, 0.1) is 0 Å². The predicted octanol–water partition coefficient (Wildman–Crippen LogP) is 2.58. The van der Waals surface area contributed by atoms with E-state index in [0.29, 0.717) is 35.0 Å². The zero-order chi connectivity index (χ0) is 30.1. The number of amides is 1. The molecule has 0 bridgehead atoms. The summed E-state index contributed by atoms with van der Waals surface area (Å²) in [4.78, 5) is 11.8. The highest BCUT2D eigenvalue weighted by Gasteiger charge is 2.39. The van der Waals surface area contributed by atoms with Crippen LogP contribution in [0.25, 0.3) is 0 Å². The van der Waals surface area contributed by atoms with Gasteiger partial charge >= 0.3 is 6.09 Å². The molecule has 4 rings (SSSR count). The lowest BCUT2D eigenvalue weighted by molar-refractivity contribution is 0.168. The minimum absolute atomic E-state index is 0.0257. The van der Waals surface area contributed by atoms with Crippen LogP contribution in [0.3, 0.4) is 0 Å². The number of methoxy groups -OCH3 is 2. The van der Waals surface area contributed by atoms with Crippen LogP contribution in [0.1, 0.15) is 39.0 Å². The standard InChI is InChI=1S/C28H41N5O8S/c1-4-40-28(35)29-18-10-12-20(13-11-18)42(36,37)33-27-26(30-21-8-5-6-9-22(21)31-27)32-23-16-19(38-2)17-24(39-3)25(23)41-15-7-14-34/h10-13,16-17,21-22,26-27,30-34H,4-9,14-15H2,1-3H3,(H,29,35). The normalized spacial score (nSPS) is 22.0. The SMILES string of the molecule is CCOC(=O)Nc1ccc(S(=O)(=O)NC2NC3CCCCC3NC2Nc2cc(OC)cc(OC)c2OCCCO)cc1. The van der Waals surface area contributed by atoms with Crippen molar-refractivity contribution in [3.63, 3.8) is 0 Å². The zero-order valence-electron chi connectivity index (χ0n) is 24.1. The van der Waals surface area contributed by atoms with Gasteiger partial charge in [-0.2, -0.15) is 4.72 Å².